The highest BCUT2D eigenvalue weighted by atomic mass is 19.4. The Bertz CT molecular complexity index is 370. The van der Waals surface area contributed by atoms with E-state index in [9.17, 15) is 18.0 Å². The van der Waals surface area contributed by atoms with E-state index in [0.717, 1.165) is 17.7 Å². The van der Waals surface area contributed by atoms with Crippen LogP contribution in [0.1, 0.15) is 24.5 Å². The zero-order valence-corrected chi connectivity index (χ0v) is 9.47. The number of amides is 1. The van der Waals surface area contributed by atoms with Crippen LogP contribution >= 0.6 is 0 Å². The Kier molecular flexibility index (Phi) is 4.54. The minimum Gasteiger partial charge on any atom is -0.356 e. The number of hydrogen-bond acceptors (Lipinski definition) is 1. The van der Waals surface area contributed by atoms with Crippen LogP contribution in [0.3, 0.4) is 0 Å². The maximum Gasteiger partial charge on any atom is 0.416 e. The number of carbonyl (C=O) groups excluding carboxylic acids is 1. The van der Waals surface area contributed by atoms with Gasteiger partial charge in [-0.2, -0.15) is 13.2 Å². The van der Waals surface area contributed by atoms with Gasteiger partial charge in [-0.15, -0.1) is 0 Å². The van der Waals surface area contributed by atoms with Crippen molar-refractivity contribution in [3.05, 3.63) is 35.4 Å². The van der Waals surface area contributed by atoms with Crippen molar-refractivity contribution < 1.29 is 18.0 Å². The summed E-state index contributed by atoms with van der Waals surface area (Å²) < 4.78 is 36.8. The lowest BCUT2D eigenvalue weighted by molar-refractivity contribution is -0.137. The zero-order chi connectivity index (χ0) is 12.9. The van der Waals surface area contributed by atoms with Gasteiger partial charge >= 0.3 is 6.18 Å². The molecule has 0 unspecified atom stereocenters. The first-order valence-corrected chi connectivity index (χ1v) is 5.36. The molecule has 0 aliphatic carbocycles. The maximum absolute atomic E-state index is 12.3. The largest absolute Gasteiger partial charge is 0.416 e. The predicted molar refractivity (Wildman–Crippen MR) is 58.4 cm³/mol. The second kappa shape index (κ2) is 5.70. The van der Waals surface area contributed by atoms with E-state index in [-0.39, 0.29) is 5.91 Å². The van der Waals surface area contributed by atoms with Crippen molar-refractivity contribution in [3.63, 3.8) is 0 Å². The molecule has 0 heterocycles. The SMILES string of the molecule is CCC(=O)NCCc1ccc(C(F)(F)F)cc1. The number of carbonyl (C=O) groups is 1. The zero-order valence-electron chi connectivity index (χ0n) is 9.47. The van der Waals surface area contributed by atoms with Crippen LogP contribution in [-0.2, 0) is 17.4 Å². The van der Waals surface area contributed by atoms with Crippen LogP contribution in [-0.4, -0.2) is 12.5 Å². The van der Waals surface area contributed by atoms with Crippen LogP contribution < -0.4 is 5.32 Å². The number of benzene rings is 1. The highest BCUT2D eigenvalue weighted by molar-refractivity contribution is 5.75. The first-order chi connectivity index (χ1) is 7.93. The van der Waals surface area contributed by atoms with Crippen LogP contribution in [0.2, 0.25) is 0 Å². The Hall–Kier alpha value is -1.52. The lowest BCUT2D eigenvalue weighted by Gasteiger charge is -2.08. The summed E-state index contributed by atoms with van der Waals surface area (Å²) in [7, 11) is 0. The van der Waals surface area contributed by atoms with Gasteiger partial charge in [-0.3, -0.25) is 4.79 Å². The lowest BCUT2D eigenvalue weighted by atomic mass is 10.1. The Morgan fingerprint density at radius 2 is 1.82 bits per heavy atom. The van der Waals surface area contributed by atoms with Crippen molar-refractivity contribution >= 4 is 5.91 Å². The van der Waals surface area contributed by atoms with Crippen molar-refractivity contribution in [2.24, 2.45) is 0 Å². The van der Waals surface area contributed by atoms with E-state index in [1.54, 1.807) is 6.92 Å². The van der Waals surface area contributed by atoms with E-state index in [2.05, 4.69) is 5.32 Å². The summed E-state index contributed by atoms with van der Waals surface area (Å²) in [6, 6.07) is 4.97. The predicted octanol–water partition coefficient (Wildman–Crippen LogP) is 2.77. The van der Waals surface area contributed by atoms with Crippen LogP contribution in [0.4, 0.5) is 13.2 Å². The molecule has 1 aromatic carbocycles. The summed E-state index contributed by atoms with van der Waals surface area (Å²) in [5.74, 6) is -0.0584. The third-order valence-electron chi connectivity index (χ3n) is 2.34. The minimum atomic E-state index is -4.30. The summed E-state index contributed by atoms with van der Waals surface area (Å²) in [6.07, 6.45) is -3.36. The molecule has 0 saturated heterocycles. The first-order valence-electron chi connectivity index (χ1n) is 5.36. The molecule has 0 aliphatic heterocycles. The van der Waals surface area contributed by atoms with Gasteiger partial charge in [0.05, 0.1) is 5.56 Å². The molecule has 94 valence electrons. The molecule has 0 atom stereocenters. The number of rotatable bonds is 4. The molecular weight excluding hydrogens is 231 g/mol. The molecular formula is C12H14F3NO. The van der Waals surface area contributed by atoms with Crippen molar-refractivity contribution in [1.29, 1.82) is 0 Å². The van der Waals surface area contributed by atoms with Gasteiger partial charge in [-0.1, -0.05) is 19.1 Å². The Balaban J connectivity index is 2.49. The van der Waals surface area contributed by atoms with Crippen LogP contribution in [0.25, 0.3) is 0 Å². The van der Waals surface area contributed by atoms with Crippen molar-refractivity contribution in [3.8, 4) is 0 Å². The summed E-state index contributed by atoms with van der Waals surface area (Å²) >= 11 is 0. The van der Waals surface area contributed by atoms with Crippen molar-refractivity contribution in [2.75, 3.05) is 6.54 Å². The molecule has 1 rings (SSSR count). The molecule has 5 heteroatoms. The highest BCUT2D eigenvalue weighted by Gasteiger charge is 2.29. The molecule has 0 aliphatic rings. The van der Waals surface area contributed by atoms with Crippen LogP contribution in [0, 0.1) is 0 Å². The van der Waals surface area contributed by atoms with E-state index in [4.69, 9.17) is 0 Å². The minimum absolute atomic E-state index is 0.0584. The number of hydrogen-bond donors (Lipinski definition) is 1. The van der Waals surface area contributed by atoms with Gasteiger partial charge in [0.2, 0.25) is 5.91 Å². The van der Waals surface area contributed by atoms with Gasteiger partial charge in [0.15, 0.2) is 0 Å². The molecule has 0 aromatic heterocycles. The first kappa shape index (κ1) is 13.5. The molecule has 1 amide bonds. The summed E-state index contributed by atoms with van der Waals surface area (Å²) in [4.78, 5) is 10.9. The lowest BCUT2D eigenvalue weighted by Crippen LogP contribution is -2.24. The van der Waals surface area contributed by atoms with Gasteiger partial charge in [-0.05, 0) is 24.1 Å². The smallest absolute Gasteiger partial charge is 0.356 e. The van der Waals surface area contributed by atoms with Gasteiger partial charge < -0.3 is 5.32 Å². The van der Waals surface area contributed by atoms with E-state index < -0.39 is 11.7 Å². The molecule has 0 fully saturated rings. The number of halogens is 3. The normalized spacial score (nSPS) is 11.3. The molecule has 1 N–H and O–H groups in total. The Morgan fingerprint density at radius 1 is 1.24 bits per heavy atom. The van der Waals surface area contributed by atoms with Crippen LogP contribution in [0.15, 0.2) is 24.3 Å². The average molecular weight is 245 g/mol. The van der Waals surface area contributed by atoms with Gasteiger partial charge in [-0.25, -0.2) is 0 Å². The topological polar surface area (TPSA) is 29.1 Å². The van der Waals surface area contributed by atoms with E-state index in [1.807, 2.05) is 0 Å². The fraction of sp³-hybridized carbons (Fsp3) is 0.417. The molecule has 0 saturated carbocycles. The summed E-state index contributed by atoms with van der Waals surface area (Å²) in [5, 5.41) is 2.66. The fourth-order valence-electron chi connectivity index (χ4n) is 1.33. The van der Waals surface area contributed by atoms with Gasteiger partial charge in [0.25, 0.3) is 0 Å². The second-order valence-electron chi connectivity index (χ2n) is 3.65. The monoisotopic (exact) mass is 245 g/mol. The average Bonchev–Trinajstić information content (AvgIpc) is 2.28. The third-order valence-corrected chi connectivity index (χ3v) is 2.34. The second-order valence-corrected chi connectivity index (χ2v) is 3.65. The van der Waals surface area contributed by atoms with Gasteiger partial charge in [0, 0.05) is 13.0 Å². The molecule has 0 bridgehead atoms. The van der Waals surface area contributed by atoms with E-state index in [1.165, 1.54) is 12.1 Å². The van der Waals surface area contributed by atoms with E-state index in [0.29, 0.717) is 19.4 Å². The Morgan fingerprint density at radius 3 is 2.29 bits per heavy atom. The quantitative estimate of drug-likeness (QED) is 0.868. The molecule has 0 radical (unpaired) electrons. The molecule has 2 nitrogen and oxygen atoms in total. The standard InChI is InChI=1S/C12H14F3NO/c1-2-11(17)16-8-7-9-3-5-10(6-4-9)12(13,14)15/h3-6H,2,7-8H2,1H3,(H,16,17). The Labute approximate surface area is 97.8 Å². The third kappa shape index (κ3) is 4.46. The summed E-state index contributed by atoms with van der Waals surface area (Å²) in [5.41, 5.74) is 0.119. The van der Waals surface area contributed by atoms with E-state index >= 15 is 0 Å². The molecule has 17 heavy (non-hydrogen) atoms. The fourth-order valence-corrected chi connectivity index (χ4v) is 1.33. The van der Waals surface area contributed by atoms with Gasteiger partial charge in [0.1, 0.15) is 0 Å². The summed E-state index contributed by atoms with van der Waals surface area (Å²) in [6.45, 7) is 2.19. The maximum atomic E-state index is 12.3. The molecule has 0 spiro atoms. The molecule has 1 aromatic rings. The number of nitrogens with one attached hydrogen (secondary N) is 1. The highest BCUT2D eigenvalue weighted by Crippen LogP contribution is 2.29. The van der Waals surface area contributed by atoms with Crippen molar-refractivity contribution in [2.45, 2.75) is 25.9 Å². The number of alkyl halides is 3. The van der Waals surface area contributed by atoms with Crippen molar-refractivity contribution in [1.82, 2.24) is 5.32 Å². The van der Waals surface area contributed by atoms with Crippen LogP contribution in [0.5, 0.6) is 0 Å².